The van der Waals surface area contributed by atoms with Gasteiger partial charge in [-0.3, -0.25) is 9.69 Å². The molecule has 1 aliphatic carbocycles. The van der Waals surface area contributed by atoms with Crippen molar-refractivity contribution < 1.29 is 23.5 Å². The van der Waals surface area contributed by atoms with Gasteiger partial charge in [-0.15, -0.1) is 5.10 Å². The molecule has 1 aliphatic heterocycles. The highest BCUT2D eigenvalue weighted by Gasteiger charge is 2.46. The summed E-state index contributed by atoms with van der Waals surface area (Å²) in [6, 6.07) is 17.0. The predicted octanol–water partition coefficient (Wildman–Crippen LogP) is 3.46. The number of carbonyl (C=O) groups is 2. The zero-order valence-corrected chi connectivity index (χ0v) is 23.0. The molecule has 2 N–H and O–H groups in total. The summed E-state index contributed by atoms with van der Waals surface area (Å²) < 4.78 is 28.3. The van der Waals surface area contributed by atoms with Gasteiger partial charge in [-0.25, -0.2) is 13.9 Å². The standard InChI is InChI=1S/C30H33FN6O4/c1-21(38)33-17-26-19-36(29(39)41-26)30(13-12-27(28(31)14-30)23-6-4-3-5-7-23)20-32-15-24-16-34-35-37(24)18-22-8-10-25(40-2)11-9-22/h3-13,16,26,32H,14-15,17-20H2,1-2H3,(H,33,38)/t26-,30?/m0/s1. The average molecular weight is 561 g/mol. The summed E-state index contributed by atoms with van der Waals surface area (Å²) in [5, 5.41) is 14.4. The van der Waals surface area contributed by atoms with Crippen molar-refractivity contribution in [3.05, 3.63) is 95.6 Å². The molecular formula is C30H33FN6O4. The Bertz CT molecular complexity index is 1440. The fourth-order valence-corrected chi connectivity index (χ4v) is 5.13. The summed E-state index contributed by atoms with van der Waals surface area (Å²) in [6.45, 7) is 2.99. The van der Waals surface area contributed by atoms with Gasteiger partial charge in [-0.2, -0.15) is 0 Å². The molecule has 1 unspecified atom stereocenters. The second-order valence-electron chi connectivity index (χ2n) is 10.2. The van der Waals surface area contributed by atoms with Gasteiger partial charge in [-0.1, -0.05) is 59.8 Å². The number of allylic oxidation sites excluding steroid dienone is 2. The lowest BCUT2D eigenvalue weighted by Gasteiger charge is -2.40. The first-order chi connectivity index (χ1) is 19.9. The normalized spacial score (nSPS) is 20.3. The number of nitrogens with one attached hydrogen (secondary N) is 2. The van der Waals surface area contributed by atoms with Crippen LogP contribution in [0.4, 0.5) is 9.18 Å². The number of aromatic nitrogens is 3. The van der Waals surface area contributed by atoms with Crippen molar-refractivity contribution in [1.82, 2.24) is 30.5 Å². The van der Waals surface area contributed by atoms with Crippen molar-refractivity contribution in [1.29, 1.82) is 0 Å². The van der Waals surface area contributed by atoms with Crippen molar-refractivity contribution in [3.63, 3.8) is 0 Å². The van der Waals surface area contributed by atoms with E-state index in [-0.39, 0.29) is 37.8 Å². The summed E-state index contributed by atoms with van der Waals surface area (Å²) in [6.07, 6.45) is 4.19. The van der Waals surface area contributed by atoms with Crippen LogP contribution in [0.5, 0.6) is 5.75 Å². The smallest absolute Gasteiger partial charge is 0.411 e. The summed E-state index contributed by atoms with van der Waals surface area (Å²) in [7, 11) is 1.62. The lowest BCUT2D eigenvalue weighted by Crippen LogP contribution is -2.55. The van der Waals surface area contributed by atoms with Crippen LogP contribution >= 0.6 is 0 Å². The number of hydrogen-bond donors (Lipinski definition) is 2. The summed E-state index contributed by atoms with van der Waals surface area (Å²) in [4.78, 5) is 26.0. The van der Waals surface area contributed by atoms with E-state index < -0.39 is 17.7 Å². The van der Waals surface area contributed by atoms with E-state index in [1.165, 1.54) is 6.92 Å². The quantitative estimate of drug-likeness (QED) is 0.370. The molecule has 1 saturated heterocycles. The molecular weight excluding hydrogens is 527 g/mol. The molecule has 2 heterocycles. The maximum atomic E-state index is 15.8. The largest absolute Gasteiger partial charge is 0.497 e. The van der Waals surface area contributed by atoms with Crippen LogP contribution in [0.25, 0.3) is 5.57 Å². The van der Waals surface area contributed by atoms with Crippen LogP contribution in [-0.4, -0.2) is 70.3 Å². The number of amides is 2. The molecule has 2 aromatic carbocycles. The van der Waals surface area contributed by atoms with Gasteiger partial charge in [0.1, 0.15) is 17.7 Å². The van der Waals surface area contributed by atoms with Gasteiger partial charge < -0.3 is 20.1 Å². The molecule has 3 aromatic rings. The number of carbonyl (C=O) groups excluding carboxylic acids is 2. The molecule has 0 radical (unpaired) electrons. The Morgan fingerprint density at radius 1 is 1.20 bits per heavy atom. The molecule has 0 spiro atoms. The SMILES string of the molecule is COc1ccc(Cn2nncc2CNCC2(N3C[C@H](CNC(C)=O)OC3=O)C=CC(c3ccccc3)=C(F)C2)cc1. The van der Waals surface area contributed by atoms with E-state index in [1.54, 1.807) is 29.0 Å². The Kier molecular flexibility index (Phi) is 8.44. The molecule has 10 nitrogen and oxygen atoms in total. The second kappa shape index (κ2) is 12.3. The number of methoxy groups -OCH3 is 1. The Hall–Kier alpha value is -4.51. The fraction of sp³-hybridized carbons (Fsp3) is 0.333. The molecule has 214 valence electrons. The topological polar surface area (TPSA) is 111 Å². The van der Waals surface area contributed by atoms with Crippen LogP contribution in [-0.2, 0) is 22.6 Å². The van der Waals surface area contributed by atoms with Crippen molar-refractivity contribution in [3.8, 4) is 5.75 Å². The number of halogens is 1. The number of nitrogens with zero attached hydrogens (tertiary/aromatic N) is 4. The minimum atomic E-state index is -1.02. The van der Waals surface area contributed by atoms with Crippen molar-refractivity contribution in [2.24, 2.45) is 0 Å². The number of hydrogen-bond acceptors (Lipinski definition) is 7. The zero-order chi connectivity index (χ0) is 28.8. The number of ether oxygens (including phenoxy) is 2. The first kappa shape index (κ1) is 28.0. The Balaban J connectivity index is 1.32. The molecule has 1 fully saturated rings. The van der Waals surface area contributed by atoms with Gasteiger partial charge in [0.15, 0.2) is 0 Å². The van der Waals surface area contributed by atoms with E-state index >= 15 is 4.39 Å². The monoisotopic (exact) mass is 560 g/mol. The fourth-order valence-electron chi connectivity index (χ4n) is 5.13. The second-order valence-corrected chi connectivity index (χ2v) is 10.2. The number of rotatable bonds is 11. The summed E-state index contributed by atoms with van der Waals surface area (Å²) in [5.74, 6) is 0.246. The molecule has 2 aliphatic rings. The highest BCUT2D eigenvalue weighted by atomic mass is 19.1. The first-order valence-corrected chi connectivity index (χ1v) is 13.4. The summed E-state index contributed by atoms with van der Waals surface area (Å²) >= 11 is 0. The van der Waals surface area contributed by atoms with Crippen LogP contribution in [0.15, 0.2) is 78.8 Å². The molecule has 41 heavy (non-hydrogen) atoms. The first-order valence-electron chi connectivity index (χ1n) is 13.4. The van der Waals surface area contributed by atoms with Gasteiger partial charge >= 0.3 is 6.09 Å². The Labute approximate surface area is 237 Å². The number of cyclic esters (lactones) is 1. The maximum absolute atomic E-state index is 15.8. The van der Waals surface area contributed by atoms with Crippen molar-refractivity contribution >= 4 is 17.6 Å². The molecule has 5 rings (SSSR count). The van der Waals surface area contributed by atoms with Crippen LogP contribution in [0, 0.1) is 0 Å². The lowest BCUT2D eigenvalue weighted by atomic mass is 9.84. The third kappa shape index (κ3) is 6.46. The highest BCUT2D eigenvalue weighted by molar-refractivity contribution is 5.79. The molecule has 1 aromatic heterocycles. The van der Waals surface area contributed by atoms with Gasteiger partial charge in [0.2, 0.25) is 5.91 Å². The van der Waals surface area contributed by atoms with Crippen LogP contribution in [0.2, 0.25) is 0 Å². The van der Waals surface area contributed by atoms with Crippen LogP contribution in [0.1, 0.15) is 30.2 Å². The van der Waals surface area contributed by atoms with Crippen molar-refractivity contribution in [2.45, 2.75) is 38.1 Å². The predicted molar refractivity (Wildman–Crippen MR) is 150 cm³/mol. The van der Waals surface area contributed by atoms with E-state index in [0.29, 0.717) is 18.7 Å². The van der Waals surface area contributed by atoms with Crippen LogP contribution < -0.4 is 15.4 Å². The molecule has 0 bridgehead atoms. The molecule has 2 atom stereocenters. The van der Waals surface area contributed by atoms with E-state index in [2.05, 4.69) is 20.9 Å². The molecule has 2 amide bonds. The van der Waals surface area contributed by atoms with Gasteiger partial charge in [0.05, 0.1) is 44.2 Å². The minimum absolute atomic E-state index is 0.0218. The maximum Gasteiger partial charge on any atom is 0.411 e. The van der Waals surface area contributed by atoms with Gasteiger partial charge in [0, 0.05) is 32.0 Å². The Morgan fingerprint density at radius 3 is 2.68 bits per heavy atom. The average Bonchev–Trinajstić information content (AvgIpc) is 3.58. The van der Waals surface area contributed by atoms with E-state index in [0.717, 1.165) is 22.6 Å². The summed E-state index contributed by atoms with van der Waals surface area (Å²) in [5.41, 5.74) is 2.12. The third-order valence-electron chi connectivity index (χ3n) is 7.32. The van der Waals surface area contributed by atoms with Crippen LogP contribution in [0.3, 0.4) is 0 Å². The Morgan fingerprint density at radius 2 is 1.98 bits per heavy atom. The molecule has 11 heteroatoms. The van der Waals surface area contributed by atoms with E-state index in [4.69, 9.17) is 9.47 Å². The van der Waals surface area contributed by atoms with E-state index in [9.17, 15) is 9.59 Å². The molecule has 0 saturated carbocycles. The van der Waals surface area contributed by atoms with E-state index in [1.807, 2.05) is 60.7 Å². The zero-order valence-electron chi connectivity index (χ0n) is 23.0. The number of benzene rings is 2. The third-order valence-corrected chi connectivity index (χ3v) is 7.32. The minimum Gasteiger partial charge on any atom is -0.497 e. The van der Waals surface area contributed by atoms with Gasteiger partial charge in [-0.05, 0) is 23.3 Å². The van der Waals surface area contributed by atoms with Gasteiger partial charge in [0.25, 0.3) is 0 Å². The lowest BCUT2D eigenvalue weighted by molar-refractivity contribution is -0.119. The van der Waals surface area contributed by atoms with Crippen molar-refractivity contribution in [2.75, 3.05) is 26.7 Å². The highest BCUT2D eigenvalue weighted by Crippen LogP contribution is 2.38.